The number of anilines is 1. The van der Waals surface area contributed by atoms with Gasteiger partial charge in [0.15, 0.2) is 0 Å². The zero-order chi connectivity index (χ0) is 15.0. The molecule has 0 unspecified atom stereocenters. The van der Waals surface area contributed by atoms with Gasteiger partial charge in [-0.05, 0) is 25.9 Å². The first-order chi connectivity index (χ1) is 9.49. The van der Waals surface area contributed by atoms with Gasteiger partial charge in [0, 0.05) is 18.3 Å². The Kier molecular flexibility index (Phi) is 6.24. The van der Waals surface area contributed by atoms with Crippen molar-refractivity contribution in [3.63, 3.8) is 0 Å². The van der Waals surface area contributed by atoms with Crippen molar-refractivity contribution in [1.82, 2.24) is 15.1 Å². The van der Waals surface area contributed by atoms with Crippen molar-refractivity contribution in [2.24, 2.45) is 0 Å². The summed E-state index contributed by atoms with van der Waals surface area (Å²) in [6, 6.07) is 0.545. The van der Waals surface area contributed by atoms with Gasteiger partial charge in [-0.25, -0.2) is 9.59 Å². The highest BCUT2D eigenvalue weighted by Crippen LogP contribution is 2.17. The predicted octanol–water partition coefficient (Wildman–Crippen LogP) is 0.102. The number of hydrogen-bond acceptors (Lipinski definition) is 5. The monoisotopic (exact) mass is 282 g/mol. The Balaban J connectivity index is 0.000000221. The standard InChI is InChI=1S/C8H14N4.C4H4O4/c9-7-5-11-12(6-7)8-1-3-10-4-2-8;5-3(6)1-2-4(7)8/h5-6,8,10H,1-4,9H2;1-2H,(H,5,6)(H,7,8)/b;2-1+. The zero-order valence-electron chi connectivity index (χ0n) is 10.9. The maximum atomic E-state index is 9.55. The number of carbonyl (C=O) groups is 2. The fraction of sp³-hybridized carbons (Fsp3) is 0.417. The van der Waals surface area contributed by atoms with E-state index in [1.165, 1.54) is 0 Å². The van der Waals surface area contributed by atoms with Crippen LogP contribution in [0.4, 0.5) is 5.69 Å². The van der Waals surface area contributed by atoms with Crippen molar-refractivity contribution in [2.45, 2.75) is 18.9 Å². The molecule has 2 heterocycles. The van der Waals surface area contributed by atoms with Crippen LogP contribution >= 0.6 is 0 Å². The molecule has 2 rings (SSSR count). The Morgan fingerprint density at radius 2 is 1.85 bits per heavy atom. The van der Waals surface area contributed by atoms with Crippen molar-refractivity contribution in [3.8, 4) is 0 Å². The van der Waals surface area contributed by atoms with Crippen molar-refractivity contribution in [2.75, 3.05) is 18.8 Å². The van der Waals surface area contributed by atoms with Crippen LogP contribution in [0.5, 0.6) is 0 Å². The lowest BCUT2D eigenvalue weighted by molar-refractivity contribution is -0.134. The summed E-state index contributed by atoms with van der Waals surface area (Å²) in [4.78, 5) is 19.1. The largest absolute Gasteiger partial charge is 0.478 e. The van der Waals surface area contributed by atoms with E-state index in [2.05, 4.69) is 10.4 Å². The summed E-state index contributed by atoms with van der Waals surface area (Å²) in [5, 5.41) is 23.1. The van der Waals surface area contributed by atoms with E-state index < -0.39 is 11.9 Å². The van der Waals surface area contributed by atoms with Crippen molar-refractivity contribution in [3.05, 3.63) is 24.5 Å². The smallest absolute Gasteiger partial charge is 0.328 e. The van der Waals surface area contributed by atoms with Crippen molar-refractivity contribution >= 4 is 17.6 Å². The maximum absolute atomic E-state index is 9.55. The maximum Gasteiger partial charge on any atom is 0.328 e. The average molecular weight is 282 g/mol. The molecule has 0 spiro atoms. The lowest BCUT2D eigenvalue weighted by atomic mass is 10.1. The summed E-state index contributed by atoms with van der Waals surface area (Å²) >= 11 is 0. The van der Waals surface area contributed by atoms with Gasteiger partial charge in [-0.1, -0.05) is 0 Å². The van der Waals surface area contributed by atoms with E-state index in [9.17, 15) is 9.59 Å². The summed E-state index contributed by atoms with van der Waals surface area (Å²) < 4.78 is 1.98. The third-order valence-electron chi connectivity index (χ3n) is 2.67. The number of nitrogens with two attached hydrogens (primary N) is 1. The minimum Gasteiger partial charge on any atom is -0.478 e. The molecule has 0 radical (unpaired) electrons. The van der Waals surface area contributed by atoms with Gasteiger partial charge in [-0.15, -0.1) is 0 Å². The molecule has 1 fully saturated rings. The second-order valence-electron chi connectivity index (χ2n) is 4.24. The van der Waals surface area contributed by atoms with Gasteiger partial charge in [0.25, 0.3) is 0 Å². The molecule has 1 aromatic heterocycles. The SMILES string of the molecule is Nc1cnn(C2CCNCC2)c1.O=C(O)/C=C/C(=O)O. The number of nitrogens with one attached hydrogen (secondary N) is 1. The molecule has 1 aliphatic heterocycles. The van der Waals surface area contributed by atoms with Crippen LogP contribution in [0.2, 0.25) is 0 Å². The molecule has 1 aliphatic rings. The molecular weight excluding hydrogens is 264 g/mol. The number of aliphatic carboxylic acids is 2. The molecule has 0 saturated carbocycles. The summed E-state index contributed by atoms with van der Waals surface area (Å²) in [7, 11) is 0. The number of hydrogen-bond donors (Lipinski definition) is 4. The minimum absolute atomic E-state index is 0.545. The van der Waals surface area contributed by atoms with Crippen LogP contribution in [-0.2, 0) is 9.59 Å². The van der Waals surface area contributed by atoms with E-state index in [-0.39, 0.29) is 0 Å². The molecule has 1 aromatic rings. The lowest BCUT2D eigenvalue weighted by Gasteiger charge is -2.22. The molecule has 8 nitrogen and oxygen atoms in total. The fourth-order valence-electron chi connectivity index (χ4n) is 1.77. The second-order valence-corrected chi connectivity index (χ2v) is 4.24. The number of nitrogens with zero attached hydrogens (tertiary/aromatic N) is 2. The van der Waals surface area contributed by atoms with E-state index in [0.29, 0.717) is 18.2 Å². The first kappa shape index (κ1) is 15.7. The van der Waals surface area contributed by atoms with Gasteiger partial charge in [0.05, 0.1) is 17.9 Å². The number of carboxylic acids is 2. The lowest BCUT2D eigenvalue weighted by Crippen LogP contribution is -2.29. The molecule has 0 bridgehead atoms. The van der Waals surface area contributed by atoms with Gasteiger partial charge in [0.2, 0.25) is 0 Å². The molecule has 0 aliphatic carbocycles. The highest BCUT2D eigenvalue weighted by Gasteiger charge is 2.14. The average Bonchev–Trinajstić information content (AvgIpc) is 2.85. The Morgan fingerprint density at radius 3 is 2.25 bits per heavy atom. The fourth-order valence-corrected chi connectivity index (χ4v) is 1.77. The van der Waals surface area contributed by atoms with Crippen LogP contribution in [0.1, 0.15) is 18.9 Å². The van der Waals surface area contributed by atoms with E-state index >= 15 is 0 Å². The molecule has 5 N–H and O–H groups in total. The van der Waals surface area contributed by atoms with E-state index in [4.69, 9.17) is 15.9 Å². The number of carboxylic acid groups (broad SMARTS) is 2. The molecule has 0 aromatic carbocycles. The minimum atomic E-state index is -1.26. The normalized spacial score (nSPS) is 15.6. The second kappa shape index (κ2) is 7.95. The van der Waals surface area contributed by atoms with Gasteiger partial charge in [-0.2, -0.15) is 5.10 Å². The summed E-state index contributed by atoms with van der Waals surface area (Å²) in [5.74, 6) is -2.51. The summed E-state index contributed by atoms with van der Waals surface area (Å²) in [5.41, 5.74) is 6.34. The Morgan fingerprint density at radius 1 is 1.30 bits per heavy atom. The van der Waals surface area contributed by atoms with Crippen molar-refractivity contribution in [1.29, 1.82) is 0 Å². The zero-order valence-corrected chi connectivity index (χ0v) is 10.9. The molecule has 0 amide bonds. The Bertz CT molecular complexity index is 462. The molecular formula is C12H18N4O4. The third-order valence-corrected chi connectivity index (χ3v) is 2.67. The number of nitrogen functional groups attached to an aromatic ring is 1. The molecule has 20 heavy (non-hydrogen) atoms. The van der Waals surface area contributed by atoms with Crippen LogP contribution in [0.3, 0.4) is 0 Å². The van der Waals surface area contributed by atoms with Crippen LogP contribution in [0, 0.1) is 0 Å². The highest BCUT2D eigenvalue weighted by atomic mass is 16.4. The van der Waals surface area contributed by atoms with Crippen LogP contribution in [0.25, 0.3) is 0 Å². The Labute approximate surface area is 115 Å². The van der Waals surface area contributed by atoms with Gasteiger partial charge in [0.1, 0.15) is 0 Å². The molecule has 110 valence electrons. The molecule has 1 saturated heterocycles. The van der Waals surface area contributed by atoms with Crippen LogP contribution in [-0.4, -0.2) is 45.0 Å². The van der Waals surface area contributed by atoms with Gasteiger partial charge < -0.3 is 21.3 Å². The third kappa shape index (κ3) is 6.01. The number of piperidine rings is 1. The molecule has 8 heteroatoms. The first-order valence-electron chi connectivity index (χ1n) is 6.13. The topological polar surface area (TPSA) is 130 Å². The van der Waals surface area contributed by atoms with Crippen LogP contribution in [0.15, 0.2) is 24.5 Å². The summed E-state index contributed by atoms with van der Waals surface area (Å²) in [6.07, 6.45) is 7.05. The highest BCUT2D eigenvalue weighted by molar-refractivity contribution is 5.89. The summed E-state index contributed by atoms with van der Waals surface area (Å²) in [6.45, 7) is 2.18. The number of aromatic nitrogens is 2. The molecule has 0 atom stereocenters. The van der Waals surface area contributed by atoms with E-state index in [1.54, 1.807) is 6.20 Å². The van der Waals surface area contributed by atoms with Gasteiger partial charge >= 0.3 is 11.9 Å². The van der Waals surface area contributed by atoms with E-state index in [0.717, 1.165) is 31.6 Å². The quantitative estimate of drug-likeness (QED) is 0.578. The van der Waals surface area contributed by atoms with Gasteiger partial charge in [-0.3, -0.25) is 4.68 Å². The Hall–Kier alpha value is -2.35. The first-order valence-corrected chi connectivity index (χ1v) is 6.13. The number of rotatable bonds is 3. The predicted molar refractivity (Wildman–Crippen MR) is 72.2 cm³/mol. The van der Waals surface area contributed by atoms with E-state index in [1.807, 2.05) is 10.9 Å². The van der Waals surface area contributed by atoms with Crippen molar-refractivity contribution < 1.29 is 19.8 Å². The van der Waals surface area contributed by atoms with Crippen LogP contribution < -0.4 is 11.1 Å².